The van der Waals surface area contributed by atoms with Gasteiger partial charge < -0.3 is 5.32 Å². The molecule has 29 heavy (non-hydrogen) atoms. The van der Waals surface area contributed by atoms with E-state index in [9.17, 15) is 13.2 Å². The minimum atomic E-state index is -3.78. The largest absolute Gasteiger partial charge is 0.325 e. The maximum Gasteiger partial charge on any atom is 0.241 e. The molecule has 2 N–H and O–H groups in total. The predicted molar refractivity (Wildman–Crippen MR) is 113 cm³/mol. The topological polar surface area (TPSA) is 75.3 Å². The fourth-order valence-electron chi connectivity index (χ4n) is 3.58. The molecule has 1 aliphatic rings. The number of anilines is 1. The van der Waals surface area contributed by atoms with Gasteiger partial charge in [-0.15, -0.1) is 0 Å². The Bertz CT molecular complexity index is 1130. The van der Waals surface area contributed by atoms with Crippen LogP contribution in [-0.4, -0.2) is 14.3 Å². The molecule has 3 aromatic carbocycles. The summed E-state index contributed by atoms with van der Waals surface area (Å²) in [7, 11) is -3.78. The van der Waals surface area contributed by atoms with Crippen molar-refractivity contribution in [2.45, 2.75) is 30.2 Å². The number of carbonyl (C=O) groups is 1. The Labute approximate surface area is 170 Å². The van der Waals surface area contributed by atoms with Crippen molar-refractivity contribution in [1.82, 2.24) is 4.72 Å². The first-order chi connectivity index (χ1) is 13.9. The van der Waals surface area contributed by atoms with E-state index >= 15 is 0 Å². The van der Waals surface area contributed by atoms with Gasteiger partial charge in [0, 0.05) is 5.69 Å². The summed E-state index contributed by atoms with van der Waals surface area (Å²) in [5, 5.41) is 2.77. The molecule has 0 aliphatic carbocycles. The Balaban J connectivity index is 1.66. The summed E-state index contributed by atoms with van der Waals surface area (Å²) in [6.07, 6.45) is 0.533. The normalized spacial score (nSPS) is 16.9. The number of benzene rings is 3. The molecule has 4 rings (SSSR count). The Morgan fingerprint density at radius 2 is 1.62 bits per heavy atom. The van der Waals surface area contributed by atoms with Gasteiger partial charge in [0.1, 0.15) is 0 Å². The van der Waals surface area contributed by atoms with E-state index in [0.29, 0.717) is 17.7 Å². The summed E-state index contributed by atoms with van der Waals surface area (Å²) >= 11 is 0. The van der Waals surface area contributed by atoms with Gasteiger partial charge in [-0.2, -0.15) is 0 Å². The number of hydrogen-bond acceptors (Lipinski definition) is 3. The van der Waals surface area contributed by atoms with Crippen molar-refractivity contribution < 1.29 is 13.2 Å². The molecule has 148 valence electrons. The molecule has 0 fully saturated rings. The third kappa shape index (κ3) is 4.09. The summed E-state index contributed by atoms with van der Waals surface area (Å²) in [6, 6.07) is 23.7. The highest BCUT2D eigenvalue weighted by molar-refractivity contribution is 7.89. The summed E-state index contributed by atoms with van der Waals surface area (Å²) in [5.41, 5.74) is 3.32. The molecule has 1 amide bonds. The molecule has 0 bridgehead atoms. The Hall–Kier alpha value is -2.96. The summed E-state index contributed by atoms with van der Waals surface area (Å²) in [5.74, 6) is -0.483. The Morgan fingerprint density at radius 1 is 0.966 bits per heavy atom. The number of nitrogens with one attached hydrogen (secondary N) is 2. The summed E-state index contributed by atoms with van der Waals surface area (Å²) < 4.78 is 29.2. The second-order valence-electron chi connectivity index (χ2n) is 7.23. The minimum Gasteiger partial charge on any atom is -0.325 e. The van der Waals surface area contributed by atoms with Crippen LogP contribution in [0.4, 0.5) is 5.69 Å². The highest BCUT2D eigenvalue weighted by Gasteiger charge is 2.29. The maximum absolute atomic E-state index is 13.2. The standard InChI is InChI=1S/C23H22N2O3S/c1-16-20-15-19(12-13-21(20)24-23(16)26)29(27,28)25-22(18-10-6-3-7-11-18)14-17-8-4-2-5-9-17/h2-13,15-16,22,25H,14H2,1H3,(H,24,26)/t16-,22+/m0/s1. The lowest BCUT2D eigenvalue weighted by atomic mass is 10.00. The van der Waals surface area contributed by atoms with Crippen molar-refractivity contribution in [1.29, 1.82) is 0 Å². The van der Waals surface area contributed by atoms with E-state index in [0.717, 1.165) is 11.1 Å². The van der Waals surface area contributed by atoms with Crippen molar-refractivity contribution in [2.75, 3.05) is 5.32 Å². The van der Waals surface area contributed by atoms with Crippen LogP contribution in [0.2, 0.25) is 0 Å². The van der Waals surface area contributed by atoms with E-state index in [1.807, 2.05) is 60.7 Å². The van der Waals surface area contributed by atoms with Crippen LogP contribution >= 0.6 is 0 Å². The first-order valence-corrected chi connectivity index (χ1v) is 11.0. The van der Waals surface area contributed by atoms with Gasteiger partial charge in [0.2, 0.25) is 15.9 Å². The van der Waals surface area contributed by atoms with E-state index in [1.165, 1.54) is 6.07 Å². The van der Waals surface area contributed by atoms with E-state index in [-0.39, 0.29) is 16.7 Å². The molecule has 0 unspecified atom stereocenters. The molecule has 5 nitrogen and oxygen atoms in total. The predicted octanol–water partition coefficient (Wildman–Crippen LogP) is 4.00. The molecule has 3 aromatic rings. The smallest absolute Gasteiger partial charge is 0.241 e. The molecule has 1 aliphatic heterocycles. The monoisotopic (exact) mass is 406 g/mol. The molecule has 0 aromatic heterocycles. The number of rotatable bonds is 6. The summed E-state index contributed by atoms with van der Waals surface area (Å²) in [4.78, 5) is 12.0. The second-order valence-corrected chi connectivity index (χ2v) is 8.95. The van der Waals surface area contributed by atoms with E-state index in [4.69, 9.17) is 0 Å². The van der Waals surface area contributed by atoms with Gasteiger partial charge in [-0.05, 0) is 48.2 Å². The lowest BCUT2D eigenvalue weighted by Crippen LogP contribution is -2.30. The zero-order chi connectivity index (χ0) is 20.4. The number of carbonyl (C=O) groups excluding carboxylic acids is 1. The van der Waals surface area contributed by atoms with Crippen molar-refractivity contribution in [3.63, 3.8) is 0 Å². The van der Waals surface area contributed by atoms with Crippen LogP contribution in [-0.2, 0) is 21.2 Å². The van der Waals surface area contributed by atoms with Gasteiger partial charge >= 0.3 is 0 Å². The fourth-order valence-corrected chi connectivity index (χ4v) is 4.84. The van der Waals surface area contributed by atoms with Crippen LogP contribution in [0.3, 0.4) is 0 Å². The molecule has 6 heteroatoms. The zero-order valence-electron chi connectivity index (χ0n) is 16.0. The average Bonchev–Trinajstić information content (AvgIpc) is 3.02. The average molecular weight is 407 g/mol. The third-order valence-electron chi connectivity index (χ3n) is 5.23. The molecule has 0 radical (unpaired) electrons. The van der Waals surface area contributed by atoms with Crippen LogP contribution < -0.4 is 10.0 Å². The second kappa shape index (κ2) is 7.81. The lowest BCUT2D eigenvalue weighted by molar-refractivity contribution is -0.116. The van der Waals surface area contributed by atoms with Crippen LogP contribution in [0, 0.1) is 0 Å². The zero-order valence-corrected chi connectivity index (χ0v) is 16.8. The fraction of sp³-hybridized carbons (Fsp3) is 0.174. The van der Waals surface area contributed by atoms with E-state index in [2.05, 4.69) is 10.0 Å². The SMILES string of the molecule is C[C@@H]1C(=O)Nc2ccc(S(=O)(=O)N[C@H](Cc3ccccc3)c3ccccc3)cc21. The van der Waals surface area contributed by atoms with Gasteiger partial charge in [-0.3, -0.25) is 4.79 Å². The van der Waals surface area contributed by atoms with Gasteiger partial charge in [-0.1, -0.05) is 60.7 Å². The van der Waals surface area contributed by atoms with Crippen molar-refractivity contribution >= 4 is 21.6 Å². The third-order valence-corrected chi connectivity index (χ3v) is 6.70. The quantitative estimate of drug-likeness (QED) is 0.650. The maximum atomic E-state index is 13.2. The van der Waals surface area contributed by atoms with Crippen molar-refractivity contribution in [2.24, 2.45) is 0 Å². The van der Waals surface area contributed by atoms with Crippen LogP contribution in [0.25, 0.3) is 0 Å². The van der Waals surface area contributed by atoms with Gasteiger partial charge in [0.15, 0.2) is 0 Å². The highest BCUT2D eigenvalue weighted by Crippen LogP contribution is 2.34. The van der Waals surface area contributed by atoms with Crippen molar-refractivity contribution in [3.05, 3.63) is 95.6 Å². The number of fused-ring (bicyclic) bond motifs is 1. The highest BCUT2D eigenvalue weighted by atomic mass is 32.2. The molecular weight excluding hydrogens is 384 g/mol. The van der Waals surface area contributed by atoms with Gasteiger partial charge in [0.25, 0.3) is 0 Å². The number of sulfonamides is 1. The minimum absolute atomic E-state index is 0.117. The Morgan fingerprint density at radius 3 is 2.31 bits per heavy atom. The van der Waals surface area contributed by atoms with Gasteiger partial charge in [0.05, 0.1) is 16.9 Å². The Kier molecular flexibility index (Phi) is 5.22. The van der Waals surface area contributed by atoms with E-state index < -0.39 is 16.1 Å². The van der Waals surface area contributed by atoms with Crippen LogP contribution in [0.15, 0.2) is 83.8 Å². The molecular formula is C23H22N2O3S. The summed E-state index contributed by atoms with van der Waals surface area (Å²) in [6.45, 7) is 1.77. The molecule has 0 saturated heterocycles. The van der Waals surface area contributed by atoms with Gasteiger partial charge in [-0.25, -0.2) is 13.1 Å². The lowest BCUT2D eigenvalue weighted by Gasteiger charge is -2.20. The first-order valence-electron chi connectivity index (χ1n) is 9.50. The van der Waals surface area contributed by atoms with Crippen molar-refractivity contribution in [3.8, 4) is 0 Å². The number of hydrogen-bond donors (Lipinski definition) is 2. The first kappa shape index (κ1) is 19.4. The molecule has 0 spiro atoms. The van der Waals surface area contributed by atoms with Crippen LogP contribution in [0.5, 0.6) is 0 Å². The molecule has 1 heterocycles. The van der Waals surface area contributed by atoms with Crippen LogP contribution in [0.1, 0.15) is 35.6 Å². The number of amides is 1. The molecule has 2 atom stereocenters. The molecule has 0 saturated carbocycles. The van der Waals surface area contributed by atoms with E-state index in [1.54, 1.807) is 19.1 Å².